The van der Waals surface area contributed by atoms with Gasteiger partial charge in [-0.05, 0) is 48.2 Å². The zero-order valence-corrected chi connectivity index (χ0v) is 20.8. The molecule has 1 aliphatic rings. The lowest BCUT2D eigenvalue weighted by Gasteiger charge is -2.29. The quantitative estimate of drug-likeness (QED) is 0.282. The molecule has 0 aromatic heterocycles. The van der Waals surface area contributed by atoms with Crippen molar-refractivity contribution in [3.05, 3.63) is 96.1 Å². The van der Waals surface area contributed by atoms with E-state index in [1.165, 1.54) is 0 Å². The van der Waals surface area contributed by atoms with Crippen LogP contribution in [0.25, 0.3) is 0 Å². The number of nitrogens with one attached hydrogen (secondary N) is 2. The number of para-hydroxylation sites is 1. The number of ether oxygens (including phenoxy) is 1. The first-order chi connectivity index (χ1) is 18.0. The molecule has 1 aliphatic carbocycles. The Hall–Kier alpha value is -3.62. The Labute approximate surface area is 218 Å². The second kappa shape index (κ2) is 13.1. The molecule has 0 aliphatic heterocycles. The van der Waals surface area contributed by atoms with Crippen LogP contribution in [-0.4, -0.2) is 41.6 Å². The van der Waals surface area contributed by atoms with Crippen LogP contribution in [0.1, 0.15) is 41.6 Å². The Balaban J connectivity index is 1.43. The summed E-state index contributed by atoms with van der Waals surface area (Å²) in [6, 6.07) is 24.7. The number of carbonyl (C=O) groups is 2. The molecule has 3 aromatic carbocycles. The normalized spacial score (nSPS) is 14.6. The van der Waals surface area contributed by atoms with Gasteiger partial charge in [0, 0.05) is 24.3 Å². The molecule has 2 atom stereocenters. The van der Waals surface area contributed by atoms with Crippen LogP contribution in [0, 0.1) is 5.92 Å². The molecule has 2 amide bonds. The van der Waals surface area contributed by atoms with Crippen molar-refractivity contribution in [2.75, 3.05) is 6.54 Å². The van der Waals surface area contributed by atoms with Crippen molar-refractivity contribution in [2.24, 2.45) is 5.92 Å². The summed E-state index contributed by atoms with van der Waals surface area (Å²) in [5.74, 6) is 0.418. The summed E-state index contributed by atoms with van der Waals surface area (Å²) in [7, 11) is -1.50. The fourth-order valence-corrected chi connectivity index (χ4v) is 4.45. The minimum absolute atomic E-state index is 0.133. The van der Waals surface area contributed by atoms with E-state index in [0.717, 1.165) is 24.8 Å². The van der Waals surface area contributed by atoms with Gasteiger partial charge in [0.15, 0.2) is 0 Å². The monoisotopic (exact) mass is 500 g/mol. The van der Waals surface area contributed by atoms with Gasteiger partial charge in [0.25, 0.3) is 5.91 Å². The maximum atomic E-state index is 13.2. The van der Waals surface area contributed by atoms with Crippen LogP contribution < -0.4 is 15.4 Å². The summed E-state index contributed by atoms with van der Waals surface area (Å²) in [5, 5.41) is 25.3. The molecule has 8 heteroatoms. The molecule has 3 aromatic rings. The van der Waals surface area contributed by atoms with Gasteiger partial charge in [-0.1, -0.05) is 73.9 Å². The summed E-state index contributed by atoms with van der Waals surface area (Å²) in [6.07, 6.45) is 4.28. The van der Waals surface area contributed by atoms with E-state index in [2.05, 4.69) is 10.6 Å². The van der Waals surface area contributed by atoms with Crippen molar-refractivity contribution in [3.8, 4) is 11.5 Å². The smallest absolute Gasteiger partial charge is 0.456 e. The van der Waals surface area contributed by atoms with Crippen LogP contribution in [-0.2, 0) is 11.2 Å². The molecule has 7 nitrogen and oxygen atoms in total. The van der Waals surface area contributed by atoms with E-state index in [0.29, 0.717) is 35.8 Å². The molecule has 4 N–H and O–H groups in total. The lowest BCUT2D eigenvalue weighted by Crippen LogP contribution is -2.49. The highest BCUT2D eigenvalue weighted by molar-refractivity contribution is 6.43. The van der Waals surface area contributed by atoms with Crippen LogP contribution in [0.15, 0.2) is 84.9 Å². The van der Waals surface area contributed by atoms with E-state index in [1.54, 1.807) is 24.3 Å². The molecule has 0 heterocycles. The van der Waals surface area contributed by atoms with Crippen molar-refractivity contribution in [1.29, 1.82) is 0 Å². The van der Waals surface area contributed by atoms with Crippen molar-refractivity contribution in [2.45, 2.75) is 44.0 Å². The number of hydrogen-bond donors (Lipinski definition) is 4. The summed E-state index contributed by atoms with van der Waals surface area (Å²) in [4.78, 5) is 26.4. The first kappa shape index (κ1) is 26.4. The molecule has 0 radical (unpaired) electrons. The number of amides is 2. The molecule has 1 unspecified atom stereocenters. The Bertz CT molecular complexity index is 1160. The van der Waals surface area contributed by atoms with E-state index >= 15 is 0 Å². The molecular weight excluding hydrogens is 467 g/mol. The van der Waals surface area contributed by atoms with E-state index in [9.17, 15) is 19.6 Å². The molecule has 0 bridgehead atoms. The largest absolute Gasteiger partial charge is 0.457 e. The predicted molar refractivity (Wildman–Crippen MR) is 143 cm³/mol. The van der Waals surface area contributed by atoms with Gasteiger partial charge in [-0.3, -0.25) is 9.59 Å². The number of hydrogen-bond acceptors (Lipinski definition) is 5. The van der Waals surface area contributed by atoms with Crippen molar-refractivity contribution in [1.82, 2.24) is 10.6 Å². The van der Waals surface area contributed by atoms with E-state index in [-0.39, 0.29) is 12.5 Å². The first-order valence-electron chi connectivity index (χ1n) is 12.8. The van der Waals surface area contributed by atoms with Crippen molar-refractivity contribution < 1.29 is 24.4 Å². The van der Waals surface area contributed by atoms with Gasteiger partial charge in [-0.25, -0.2) is 0 Å². The zero-order chi connectivity index (χ0) is 26.0. The topological polar surface area (TPSA) is 108 Å². The molecule has 4 rings (SSSR count). The number of rotatable bonds is 12. The van der Waals surface area contributed by atoms with Gasteiger partial charge in [-0.15, -0.1) is 0 Å². The standard InChI is InChI=1S/C29H33BN2O5/c33-28(23-13-8-16-26(19-23)37-25-14-5-2-6-15-25)32-27(18-22-9-3-1-4-10-22)29(34)31-20-24(30(35)36)17-21-11-7-12-21/h1-6,8-10,13-16,19,21,24,27,35-36H,7,11-12,17-18,20H2,(H,31,34)(H,32,33)/t24?,27-/m0/s1. The zero-order valence-electron chi connectivity index (χ0n) is 20.8. The number of carbonyl (C=O) groups excluding carboxylic acids is 2. The summed E-state index contributed by atoms with van der Waals surface area (Å²) < 4.78 is 5.84. The van der Waals surface area contributed by atoms with Crippen LogP contribution >= 0.6 is 0 Å². The van der Waals surface area contributed by atoms with Crippen molar-refractivity contribution >= 4 is 18.9 Å². The van der Waals surface area contributed by atoms with E-state index in [1.807, 2.05) is 60.7 Å². The van der Waals surface area contributed by atoms with Crippen molar-refractivity contribution in [3.63, 3.8) is 0 Å². The third-order valence-electron chi connectivity index (χ3n) is 6.80. The minimum Gasteiger partial charge on any atom is -0.457 e. The molecule has 1 saturated carbocycles. The van der Waals surface area contributed by atoms with Gasteiger partial charge in [0.05, 0.1) is 0 Å². The second-order valence-electron chi connectivity index (χ2n) is 9.61. The lowest BCUT2D eigenvalue weighted by molar-refractivity contribution is -0.123. The van der Waals surface area contributed by atoms with Gasteiger partial charge in [-0.2, -0.15) is 0 Å². The van der Waals surface area contributed by atoms with E-state index in [4.69, 9.17) is 4.74 Å². The van der Waals surface area contributed by atoms with Gasteiger partial charge < -0.3 is 25.4 Å². The highest BCUT2D eigenvalue weighted by Crippen LogP contribution is 2.34. The van der Waals surface area contributed by atoms with Crippen LogP contribution in [0.4, 0.5) is 0 Å². The average Bonchev–Trinajstić information content (AvgIpc) is 2.88. The summed E-state index contributed by atoms with van der Waals surface area (Å²) in [6.45, 7) is 0.133. The Morgan fingerprint density at radius 2 is 1.59 bits per heavy atom. The van der Waals surface area contributed by atoms with Gasteiger partial charge in [0.1, 0.15) is 17.5 Å². The van der Waals surface area contributed by atoms with Gasteiger partial charge in [0.2, 0.25) is 5.91 Å². The molecule has 192 valence electrons. The Kier molecular flexibility index (Phi) is 9.35. The summed E-state index contributed by atoms with van der Waals surface area (Å²) in [5.41, 5.74) is 1.27. The third kappa shape index (κ3) is 7.93. The fraction of sp³-hybridized carbons (Fsp3) is 0.310. The Morgan fingerprint density at radius 3 is 2.24 bits per heavy atom. The minimum atomic E-state index is -1.50. The lowest BCUT2D eigenvalue weighted by atomic mass is 9.65. The summed E-state index contributed by atoms with van der Waals surface area (Å²) >= 11 is 0. The molecule has 0 saturated heterocycles. The molecule has 0 spiro atoms. The first-order valence-corrected chi connectivity index (χ1v) is 12.8. The SMILES string of the molecule is O=C(N[C@@H](Cc1ccccc1)C(=O)NCC(CC1CCC1)B(O)O)c1cccc(Oc2ccccc2)c1. The molecule has 37 heavy (non-hydrogen) atoms. The van der Waals surface area contributed by atoms with Crippen LogP contribution in [0.2, 0.25) is 5.82 Å². The third-order valence-corrected chi connectivity index (χ3v) is 6.80. The highest BCUT2D eigenvalue weighted by Gasteiger charge is 2.31. The maximum Gasteiger partial charge on any atom is 0.456 e. The number of benzene rings is 3. The molecule has 1 fully saturated rings. The maximum absolute atomic E-state index is 13.2. The van der Waals surface area contributed by atoms with E-state index < -0.39 is 24.9 Å². The molecular formula is C29H33BN2O5. The predicted octanol–water partition coefficient (Wildman–Crippen LogP) is 3.97. The highest BCUT2D eigenvalue weighted by atomic mass is 16.5. The van der Waals surface area contributed by atoms with Crippen LogP contribution in [0.3, 0.4) is 0 Å². The van der Waals surface area contributed by atoms with Crippen LogP contribution in [0.5, 0.6) is 11.5 Å². The van der Waals surface area contributed by atoms with Gasteiger partial charge >= 0.3 is 7.12 Å². The fourth-order valence-electron chi connectivity index (χ4n) is 4.45. The average molecular weight is 500 g/mol. The second-order valence-corrected chi connectivity index (χ2v) is 9.61. The Morgan fingerprint density at radius 1 is 0.919 bits per heavy atom.